The Morgan fingerprint density at radius 3 is 2.31 bits per heavy atom. The summed E-state index contributed by atoms with van der Waals surface area (Å²) >= 11 is 13.2. The Bertz CT molecular complexity index is 1240. The summed E-state index contributed by atoms with van der Waals surface area (Å²) in [7, 11) is 1.57. The number of amidine groups is 1. The molecule has 3 amide bonds. The molecule has 1 aliphatic heterocycles. The summed E-state index contributed by atoms with van der Waals surface area (Å²) in [6.07, 6.45) is 1.50. The van der Waals surface area contributed by atoms with Crippen molar-refractivity contribution in [2.45, 2.75) is 60.5 Å². The third kappa shape index (κ3) is 8.49. The highest BCUT2D eigenvalue weighted by molar-refractivity contribution is 6.41. The van der Waals surface area contributed by atoms with Crippen LogP contribution in [0.25, 0.3) is 0 Å². The maximum absolute atomic E-state index is 12.4. The molecule has 0 aromatic heterocycles. The number of hydrogen-bond acceptors (Lipinski definition) is 7. The molecule has 0 saturated heterocycles. The number of nitrogens with one attached hydrogen (secondary N) is 3. The van der Waals surface area contributed by atoms with Gasteiger partial charge in [-0.05, 0) is 63.8 Å². The van der Waals surface area contributed by atoms with E-state index in [1.807, 2.05) is 27.7 Å². The van der Waals surface area contributed by atoms with Gasteiger partial charge in [0.2, 0.25) is 11.7 Å². The maximum Gasteiger partial charge on any atom is 0.413 e. The SMILES string of the molecule is C=C1NC(=O)C(NC(=O)OC(C)(C)C)=NN1c1cc(Cl)c(OC(/C=C(\C(=O)NC)C(C)C)=C(/C)CC)c(Cl)c1. The zero-order valence-electron chi connectivity index (χ0n) is 23.4. The minimum absolute atomic E-state index is 0.0665. The molecule has 0 fully saturated rings. The van der Waals surface area contributed by atoms with Gasteiger partial charge in [-0.2, -0.15) is 0 Å². The van der Waals surface area contributed by atoms with Crippen molar-refractivity contribution in [3.8, 4) is 5.75 Å². The maximum atomic E-state index is 12.4. The Kier molecular flexibility index (Phi) is 10.6. The molecule has 39 heavy (non-hydrogen) atoms. The van der Waals surface area contributed by atoms with E-state index in [0.29, 0.717) is 23.4 Å². The van der Waals surface area contributed by atoms with Gasteiger partial charge in [0.15, 0.2) is 5.75 Å². The second-order valence-electron chi connectivity index (χ2n) is 9.96. The van der Waals surface area contributed by atoms with Gasteiger partial charge in [-0.15, -0.1) is 5.10 Å². The number of anilines is 1. The molecule has 1 aromatic rings. The van der Waals surface area contributed by atoms with Crippen molar-refractivity contribution >= 4 is 52.6 Å². The average Bonchev–Trinajstić information content (AvgIpc) is 2.82. The number of allylic oxidation sites excluding steroid dienone is 2. The summed E-state index contributed by atoms with van der Waals surface area (Å²) in [6, 6.07) is 3.04. The zero-order chi connectivity index (χ0) is 29.7. The highest BCUT2D eigenvalue weighted by atomic mass is 35.5. The fourth-order valence-electron chi connectivity index (χ4n) is 3.21. The van der Waals surface area contributed by atoms with Gasteiger partial charge in [-0.25, -0.2) is 9.80 Å². The summed E-state index contributed by atoms with van der Waals surface area (Å²) < 4.78 is 11.3. The van der Waals surface area contributed by atoms with Crippen LogP contribution in [0.5, 0.6) is 5.75 Å². The smallest absolute Gasteiger partial charge is 0.413 e. The number of ether oxygens (including phenoxy) is 2. The molecule has 12 heteroatoms. The molecule has 0 unspecified atom stereocenters. The van der Waals surface area contributed by atoms with Crippen molar-refractivity contribution in [1.29, 1.82) is 0 Å². The van der Waals surface area contributed by atoms with Crippen LogP contribution in [0.4, 0.5) is 10.5 Å². The van der Waals surface area contributed by atoms with Crippen molar-refractivity contribution in [3.63, 3.8) is 0 Å². The normalized spacial score (nSPS) is 14.9. The predicted molar refractivity (Wildman–Crippen MR) is 154 cm³/mol. The standard InChI is InChI=1S/C27H35Cl2N5O5/c1-10-15(4)21(13-18(14(2)3)24(35)30-9)38-22-19(28)11-17(12-20(22)29)34-16(5)31-25(36)23(33-34)32-26(37)39-27(6,7)8/h11-14H,5,10H2,1-4,6-9H3,(H,30,35)(H,31,36)(H,32,33,37)/b18-13-,21-15-. The summed E-state index contributed by atoms with van der Waals surface area (Å²) in [5, 5.41) is 13.2. The van der Waals surface area contributed by atoms with Crippen LogP contribution in [0.15, 0.2) is 52.6 Å². The lowest BCUT2D eigenvalue weighted by molar-refractivity contribution is -0.117. The van der Waals surface area contributed by atoms with E-state index in [2.05, 4.69) is 27.6 Å². The lowest BCUT2D eigenvalue weighted by Gasteiger charge is -2.28. The van der Waals surface area contributed by atoms with Gasteiger partial charge in [0.1, 0.15) is 17.2 Å². The number of nitrogens with zero attached hydrogens (tertiary/aromatic N) is 2. The first-order chi connectivity index (χ1) is 18.1. The van der Waals surface area contributed by atoms with Crippen LogP contribution in [-0.4, -0.2) is 36.4 Å². The Morgan fingerprint density at radius 1 is 1.23 bits per heavy atom. The van der Waals surface area contributed by atoms with E-state index >= 15 is 0 Å². The van der Waals surface area contributed by atoms with Gasteiger partial charge in [-0.3, -0.25) is 14.9 Å². The highest BCUT2D eigenvalue weighted by Gasteiger charge is 2.28. The molecular weight excluding hydrogens is 545 g/mol. The number of likely N-dealkylation sites (N-methyl/N-ethyl adjacent to an activating group) is 1. The van der Waals surface area contributed by atoms with E-state index in [9.17, 15) is 14.4 Å². The Labute approximate surface area is 239 Å². The molecule has 0 radical (unpaired) electrons. The van der Waals surface area contributed by atoms with Crippen molar-refractivity contribution in [2.75, 3.05) is 12.1 Å². The number of hydrazone groups is 1. The number of amides is 3. The average molecular weight is 581 g/mol. The van der Waals surface area contributed by atoms with Crippen LogP contribution in [0.1, 0.15) is 54.9 Å². The number of benzene rings is 1. The summed E-state index contributed by atoms with van der Waals surface area (Å²) in [4.78, 5) is 37.0. The third-order valence-electron chi connectivity index (χ3n) is 5.34. The summed E-state index contributed by atoms with van der Waals surface area (Å²) in [5.41, 5.74) is 0.976. The quantitative estimate of drug-likeness (QED) is 0.218. The fourth-order valence-corrected chi connectivity index (χ4v) is 3.77. The second-order valence-corrected chi connectivity index (χ2v) is 10.8. The molecule has 1 aromatic carbocycles. The first-order valence-corrected chi connectivity index (χ1v) is 13.0. The topological polar surface area (TPSA) is 121 Å². The molecule has 0 saturated carbocycles. The molecule has 0 aliphatic carbocycles. The van der Waals surface area contributed by atoms with E-state index in [4.69, 9.17) is 32.7 Å². The fraction of sp³-hybridized carbons (Fsp3) is 0.407. The molecule has 0 spiro atoms. The van der Waals surface area contributed by atoms with Gasteiger partial charge >= 0.3 is 6.09 Å². The van der Waals surface area contributed by atoms with Crippen molar-refractivity contribution < 1.29 is 23.9 Å². The first kappa shape index (κ1) is 31.7. The van der Waals surface area contributed by atoms with Crippen molar-refractivity contribution in [1.82, 2.24) is 16.0 Å². The number of carbonyl (C=O) groups excluding carboxylic acids is 3. The van der Waals surface area contributed by atoms with Crippen molar-refractivity contribution in [2.24, 2.45) is 11.0 Å². The molecular formula is C27H35Cl2N5O5. The third-order valence-corrected chi connectivity index (χ3v) is 5.90. The highest BCUT2D eigenvalue weighted by Crippen LogP contribution is 2.40. The number of rotatable bonds is 7. The lowest BCUT2D eigenvalue weighted by atomic mass is 10.0. The van der Waals surface area contributed by atoms with Gasteiger partial charge in [0, 0.05) is 12.6 Å². The molecule has 3 N–H and O–H groups in total. The Balaban J connectivity index is 2.47. The minimum Gasteiger partial charge on any atom is -0.454 e. The largest absolute Gasteiger partial charge is 0.454 e. The predicted octanol–water partition coefficient (Wildman–Crippen LogP) is 5.63. The molecule has 0 atom stereocenters. The molecule has 1 heterocycles. The van der Waals surface area contributed by atoms with Crippen LogP contribution >= 0.6 is 23.2 Å². The molecule has 212 valence electrons. The van der Waals surface area contributed by atoms with Crippen LogP contribution in [-0.2, 0) is 14.3 Å². The van der Waals surface area contributed by atoms with E-state index in [1.54, 1.807) is 33.9 Å². The number of alkyl carbamates (subject to hydrolysis) is 1. The molecule has 2 rings (SSSR count). The summed E-state index contributed by atoms with van der Waals surface area (Å²) in [5.74, 6) is -0.554. The van der Waals surface area contributed by atoms with Gasteiger partial charge in [0.25, 0.3) is 5.91 Å². The molecule has 1 aliphatic rings. The van der Waals surface area contributed by atoms with Crippen molar-refractivity contribution in [3.05, 3.63) is 57.6 Å². The van der Waals surface area contributed by atoms with Gasteiger partial charge < -0.3 is 20.1 Å². The lowest BCUT2D eigenvalue weighted by Crippen LogP contribution is -2.50. The zero-order valence-corrected chi connectivity index (χ0v) is 24.9. The second kappa shape index (κ2) is 13.0. The van der Waals surface area contributed by atoms with E-state index < -0.39 is 17.6 Å². The summed E-state index contributed by atoms with van der Waals surface area (Å²) in [6.45, 7) is 16.5. The van der Waals surface area contributed by atoms with Crippen LogP contribution < -0.4 is 25.7 Å². The monoisotopic (exact) mass is 579 g/mol. The number of hydrogen-bond donors (Lipinski definition) is 3. The minimum atomic E-state index is -0.847. The van der Waals surface area contributed by atoms with Crippen LogP contribution in [0, 0.1) is 5.92 Å². The Hall–Kier alpha value is -3.50. The van der Waals surface area contributed by atoms with Gasteiger partial charge in [0.05, 0.1) is 15.7 Å². The number of carbonyl (C=O) groups is 3. The molecule has 10 nitrogen and oxygen atoms in total. The van der Waals surface area contributed by atoms with Crippen LogP contribution in [0.3, 0.4) is 0 Å². The van der Waals surface area contributed by atoms with Crippen LogP contribution in [0.2, 0.25) is 10.0 Å². The van der Waals surface area contributed by atoms with E-state index in [0.717, 1.165) is 5.57 Å². The van der Waals surface area contributed by atoms with E-state index in [1.165, 1.54) is 17.1 Å². The first-order valence-electron chi connectivity index (χ1n) is 12.3. The molecule has 0 bridgehead atoms. The number of halogens is 2. The Morgan fingerprint density at radius 2 is 1.82 bits per heavy atom. The van der Waals surface area contributed by atoms with Gasteiger partial charge in [-0.1, -0.05) is 50.6 Å². The van der Waals surface area contributed by atoms with E-state index in [-0.39, 0.29) is 39.3 Å².